The van der Waals surface area contributed by atoms with Crippen molar-refractivity contribution in [3.8, 4) is 11.1 Å². The Morgan fingerprint density at radius 2 is 2.03 bits per heavy atom. The maximum absolute atomic E-state index is 13.5. The second-order valence-electron chi connectivity index (χ2n) is 8.78. The number of aliphatic hydroxyl groups excluding tert-OH is 1. The predicted molar refractivity (Wildman–Crippen MR) is 121 cm³/mol. The normalized spacial score (nSPS) is 23.5. The fourth-order valence-corrected chi connectivity index (χ4v) is 4.91. The number of amides is 2. The zero-order chi connectivity index (χ0) is 23.0. The van der Waals surface area contributed by atoms with Gasteiger partial charge in [-0.3, -0.25) is 14.4 Å². The first-order valence-corrected chi connectivity index (χ1v) is 11.1. The van der Waals surface area contributed by atoms with Crippen LogP contribution in [0.2, 0.25) is 0 Å². The van der Waals surface area contributed by atoms with Crippen LogP contribution < -0.4 is 16.2 Å². The molecule has 0 unspecified atom stereocenters. The molecule has 1 aromatic carbocycles. The third-order valence-corrected chi connectivity index (χ3v) is 6.53. The van der Waals surface area contributed by atoms with E-state index in [1.807, 2.05) is 19.1 Å². The Hall–Kier alpha value is -2.97. The number of fused-ring (bicyclic) bond motifs is 4. The highest BCUT2D eigenvalue weighted by Crippen LogP contribution is 2.41. The molecule has 2 bridgehead atoms. The SMILES string of the molecule is CCCNC(=O)[C@H]1[C@H](CO)[C@H]2Cn3c(ccc(-c4cccc(C(=O)N(C)C)c4)c3=O)[C@@H]1N2. The van der Waals surface area contributed by atoms with E-state index in [-0.39, 0.29) is 42.0 Å². The van der Waals surface area contributed by atoms with Crippen molar-refractivity contribution in [1.82, 2.24) is 20.1 Å². The summed E-state index contributed by atoms with van der Waals surface area (Å²) >= 11 is 0. The maximum atomic E-state index is 13.5. The number of pyridine rings is 1. The molecule has 2 aromatic rings. The molecule has 4 rings (SSSR count). The Bertz CT molecular complexity index is 1090. The molecule has 1 aromatic heterocycles. The van der Waals surface area contributed by atoms with Crippen LogP contribution in [-0.2, 0) is 11.3 Å². The Kier molecular flexibility index (Phi) is 6.17. The highest BCUT2D eigenvalue weighted by atomic mass is 16.3. The Morgan fingerprint density at radius 1 is 1.25 bits per heavy atom. The van der Waals surface area contributed by atoms with Gasteiger partial charge < -0.3 is 25.2 Å². The van der Waals surface area contributed by atoms with E-state index in [1.165, 1.54) is 4.90 Å². The summed E-state index contributed by atoms with van der Waals surface area (Å²) in [5, 5.41) is 16.4. The van der Waals surface area contributed by atoms with E-state index in [0.717, 1.165) is 12.1 Å². The average molecular weight is 439 g/mol. The van der Waals surface area contributed by atoms with E-state index in [2.05, 4.69) is 10.6 Å². The number of hydrogen-bond donors (Lipinski definition) is 3. The minimum Gasteiger partial charge on any atom is -0.396 e. The molecule has 0 aliphatic carbocycles. The molecular weight excluding hydrogens is 408 g/mol. The number of hydrogen-bond acceptors (Lipinski definition) is 5. The molecular formula is C24H30N4O4. The summed E-state index contributed by atoms with van der Waals surface area (Å²) in [5.74, 6) is -0.915. The molecule has 2 amide bonds. The molecule has 2 aliphatic heterocycles. The van der Waals surface area contributed by atoms with Crippen molar-refractivity contribution in [2.24, 2.45) is 11.8 Å². The maximum Gasteiger partial charge on any atom is 0.258 e. The van der Waals surface area contributed by atoms with Crippen molar-refractivity contribution in [3.63, 3.8) is 0 Å². The summed E-state index contributed by atoms with van der Waals surface area (Å²) in [6, 6.07) is 10.2. The summed E-state index contributed by atoms with van der Waals surface area (Å²) in [6.45, 7) is 2.84. The number of carbonyl (C=O) groups excluding carboxylic acids is 2. The predicted octanol–water partition coefficient (Wildman–Crippen LogP) is 0.995. The van der Waals surface area contributed by atoms with Crippen molar-refractivity contribution in [3.05, 3.63) is 58.0 Å². The Labute approximate surface area is 187 Å². The van der Waals surface area contributed by atoms with E-state index < -0.39 is 5.92 Å². The minimum absolute atomic E-state index is 0.0919. The van der Waals surface area contributed by atoms with Crippen LogP contribution in [-0.4, -0.2) is 59.7 Å². The molecule has 3 N–H and O–H groups in total. The van der Waals surface area contributed by atoms with Crippen LogP contribution in [0.25, 0.3) is 11.1 Å². The quantitative estimate of drug-likeness (QED) is 0.624. The molecule has 170 valence electrons. The van der Waals surface area contributed by atoms with E-state index in [1.54, 1.807) is 42.9 Å². The summed E-state index contributed by atoms with van der Waals surface area (Å²) in [7, 11) is 3.38. The van der Waals surface area contributed by atoms with Gasteiger partial charge >= 0.3 is 0 Å². The number of aliphatic hydroxyl groups is 1. The van der Waals surface area contributed by atoms with Crippen LogP contribution >= 0.6 is 0 Å². The number of rotatable bonds is 6. The van der Waals surface area contributed by atoms with Gasteiger partial charge in [-0.25, -0.2) is 0 Å². The van der Waals surface area contributed by atoms with Crippen LogP contribution in [0.3, 0.4) is 0 Å². The Morgan fingerprint density at radius 3 is 2.72 bits per heavy atom. The molecule has 8 heteroatoms. The molecule has 4 atom stereocenters. The Balaban J connectivity index is 1.73. The number of benzene rings is 1. The van der Waals surface area contributed by atoms with Gasteiger partial charge in [0.2, 0.25) is 5.91 Å². The second-order valence-corrected chi connectivity index (χ2v) is 8.78. The van der Waals surface area contributed by atoms with Gasteiger partial charge in [0.15, 0.2) is 0 Å². The highest BCUT2D eigenvalue weighted by Gasteiger charge is 2.50. The fraction of sp³-hybridized carbons (Fsp3) is 0.458. The van der Waals surface area contributed by atoms with Crippen LogP contribution in [0.15, 0.2) is 41.2 Å². The van der Waals surface area contributed by atoms with Crippen LogP contribution in [0.1, 0.15) is 35.4 Å². The fourth-order valence-electron chi connectivity index (χ4n) is 4.91. The number of aromatic nitrogens is 1. The zero-order valence-corrected chi connectivity index (χ0v) is 18.7. The van der Waals surface area contributed by atoms with E-state index in [9.17, 15) is 19.5 Å². The molecule has 2 aliphatic rings. The summed E-state index contributed by atoms with van der Waals surface area (Å²) < 4.78 is 1.72. The molecule has 3 heterocycles. The topological polar surface area (TPSA) is 104 Å². The lowest BCUT2D eigenvalue weighted by Gasteiger charge is -2.28. The van der Waals surface area contributed by atoms with Gasteiger partial charge in [-0.1, -0.05) is 19.1 Å². The van der Waals surface area contributed by atoms with Gasteiger partial charge in [0.05, 0.1) is 12.0 Å². The molecule has 0 spiro atoms. The van der Waals surface area contributed by atoms with Crippen molar-refractivity contribution in [1.29, 1.82) is 0 Å². The first-order valence-electron chi connectivity index (χ1n) is 11.1. The van der Waals surface area contributed by atoms with Gasteiger partial charge in [0.1, 0.15) is 0 Å². The standard InChI is InChI=1S/C24H30N4O4/c1-4-10-25-22(30)20-17(13-29)18-12-28-19(21(20)26-18)9-8-16(24(28)32)14-6-5-7-15(11-14)23(31)27(2)3/h5-9,11,17-18,20-21,26,29H,4,10,12-13H2,1-3H3,(H,25,30)/t17-,18-,20+,21+/m1/s1. The number of nitrogens with one attached hydrogen (secondary N) is 2. The van der Waals surface area contributed by atoms with Gasteiger partial charge in [-0.2, -0.15) is 0 Å². The van der Waals surface area contributed by atoms with Crippen LogP contribution in [0.5, 0.6) is 0 Å². The van der Waals surface area contributed by atoms with Crippen LogP contribution in [0, 0.1) is 11.8 Å². The van der Waals surface area contributed by atoms with E-state index in [0.29, 0.717) is 29.8 Å². The third-order valence-electron chi connectivity index (χ3n) is 6.53. The number of carbonyl (C=O) groups is 2. The van der Waals surface area contributed by atoms with Gasteiger partial charge in [0.25, 0.3) is 11.5 Å². The molecule has 0 radical (unpaired) electrons. The lowest BCUT2D eigenvalue weighted by molar-refractivity contribution is -0.127. The van der Waals surface area contributed by atoms with E-state index >= 15 is 0 Å². The van der Waals surface area contributed by atoms with Crippen molar-refractivity contribution < 1.29 is 14.7 Å². The minimum atomic E-state index is -0.434. The lowest BCUT2D eigenvalue weighted by atomic mass is 9.86. The van der Waals surface area contributed by atoms with Crippen molar-refractivity contribution in [2.45, 2.75) is 32.0 Å². The molecule has 8 nitrogen and oxygen atoms in total. The summed E-state index contributed by atoms with van der Waals surface area (Å²) in [6.07, 6.45) is 0.832. The van der Waals surface area contributed by atoms with Gasteiger partial charge in [-0.05, 0) is 36.2 Å². The third kappa shape index (κ3) is 3.73. The molecule has 32 heavy (non-hydrogen) atoms. The summed E-state index contributed by atoms with van der Waals surface area (Å²) in [5.41, 5.74) is 2.31. The first kappa shape index (κ1) is 22.2. The average Bonchev–Trinajstić information content (AvgIpc) is 3.10. The van der Waals surface area contributed by atoms with Crippen molar-refractivity contribution >= 4 is 11.8 Å². The second kappa shape index (κ2) is 8.88. The molecule has 0 saturated carbocycles. The smallest absolute Gasteiger partial charge is 0.258 e. The monoisotopic (exact) mass is 438 g/mol. The zero-order valence-electron chi connectivity index (χ0n) is 18.7. The lowest BCUT2D eigenvalue weighted by Crippen LogP contribution is -2.43. The van der Waals surface area contributed by atoms with Crippen molar-refractivity contribution in [2.75, 3.05) is 27.2 Å². The van der Waals surface area contributed by atoms with E-state index in [4.69, 9.17) is 0 Å². The molecule has 1 saturated heterocycles. The highest BCUT2D eigenvalue weighted by molar-refractivity contribution is 5.95. The molecule has 1 fully saturated rings. The van der Waals surface area contributed by atoms with Gasteiger partial charge in [0, 0.05) is 62.6 Å². The largest absolute Gasteiger partial charge is 0.396 e. The number of nitrogens with zero attached hydrogens (tertiary/aromatic N) is 2. The first-order chi connectivity index (χ1) is 15.4. The van der Waals surface area contributed by atoms with Crippen LogP contribution in [0.4, 0.5) is 0 Å². The summed E-state index contributed by atoms with van der Waals surface area (Å²) in [4.78, 5) is 40.2. The van der Waals surface area contributed by atoms with Gasteiger partial charge in [-0.15, -0.1) is 0 Å².